The molecule has 0 spiro atoms. The second-order valence-corrected chi connectivity index (χ2v) is 17.5. The number of rotatable bonds is 6. The third-order valence-electron chi connectivity index (χ3n) is 13.9. The van der Waals surface area contributed by atoms with Crippen LogP contribution in [0.5, 0.6) is 0 Å². The highest BCUT2D eigenvalue weighted by Gasteiger charge is 2.20. The minimum Gasteiger partial charge on any atom is -0.309 e. The molecule has 0 N–H and O–H groups in total. The van der Waals surface area contributed by atoms with Gasteiger partial charge in [0, 0.05) is 32.8 Å². The van der Waals surface area contributed by atoms with E-state index in [4.69, 9.17) is 9.97 Å². The van der Waals surface area contributed by atoms with Gasteiger partial charge in [0.2, 0.25) is 0 Å². The van der Waals surface area contributed by atoms with E-state index >= 15 is 0 Å². The number of benzene rings is 9. The number of para-hydroxylation sites is 2. The van der Waals surface area contributed by atoms with Crippen LogP contribution in [0.2, 0.25) is 0 Å². The number of hydrogen-bond acceptors (Lipinski definition) is 2. The molecule has 0 saturated heterocycles. The molecule has 2 aliphatic carbocycles. The van der Waals surface area contributed by atoms with Crippen molar-refractivity contribution in [3.63, 3.8) is 0 Å². The maximum Gasteiger partial charge on any atom is 0.0979 e. The monoisotopic (exact) mass is 829 g/mol. The summed E-state index contributed by atoms with van der Waals surface area (Å²) in [6.07, 6.45) is 10.8. The van der Waals surface area contributed by atoms with Crippen LogP contribution >= 0.6 is 0 Å². The second kappa shape index (κ2) is 15.3. The van der Waals surface area contributed by atoms with Gasteiger partial charge in [0.25, 0.3) is 0 Å². The predicted octanol–water partition coefficient (Wildman–Crippen LogP) is 14.3. The molecule has 0 bridgehead atoms. The summed E-state index contributed by atoms with van der Waals surface area (Å²) in [5.41, 5.74) is 18.3. The Morgan fingerprint density at radius 2 is 0.938 bits per heavy atom. The molecule has 0 saturated carbocycles. The fourth-order valence-electron chi connectivity index (χ4n) is 10.8. The van der Waals surface area contributed by atoms with Crippen LogP contribution in [0.15, 0.2) is 218 Å². The fraction of sp³-hybridized carbons (Fsp3) is 0.0645. The maximum absolute atomic E-state index is 5.28. The van der Waals surface area contributed by atoms with Crippen molar-refractivity contribution in [2.45, 2.75) is 25.7 Å². The van der Waals surface area contributed by atoms with Gasteiger partial charge >= 0.3 is 0 Å². The van der Waals surface area contributed by atoms with Crippen LogP contribution in [0.3, 0.4) is 0 Å². The molecule has 306 valence electrons. The van der Waals surface area contributed by atoms with Crippen molar-refractivity contribution >= 4 is 71.1 Å². The molecule has 2 aliphatic rings. The minimum atomic E-state index is 0.897. The molecule has 0 fully saturated rings. The highest BCUT2D eigenvalue weighted by Crippen LogP contribution is 2.39. The summed E-state index contributed by atoms with van der Waals surface area (Å²) in [6.45, 7) is 0. The van der Waals surface area contributed by atoms with Gasteiger partial charge in [-0.2, -0.15) is 0 Å². The summed E-state index contributed by atoms with van der Waals surface area (Å²) >= 11 is 0. The van der Waals surface area contributed by atoms with E-state index in [-0.39, 0.29) is 0 Å². The van der Waals surface area contributed by atoms with E-state index < -0.39 is 0 Å². The number of allylic oxidation sites excluding steroid dienone is 4. The topological polar surface area (TPSA) is 30.7 Å². The molecule has 3 nitrogen and oxygen atoms in total. The number of nitrogens with zero attached hydrogens (tertiary/aromatic N) is 3. The Balaban J connectivity index is 0.813. The Labute approximate surface area is 377 Å². The number of fused-ring (bicyclic) bond motifs is 10. The first-order valence-corrected chi connectivity index (χ1v) is 22.8. The van der Waals surface area contributed by atoms with Crippen LogP contribution in [0.4, 0.5) is 0 Å². The van der Waals surface area contributed by atoms with Crippen LogP contribution in [-0.4, -0.2) is 14.5 Å². The number of aromatic nitrogens is 3. The van der Waals surface area contributed by atoms with E-state index in [1.54, 1.807) is 0 Å². The lowest BCUT2D eigenvalue weighted by Gasteiger charge is -2.22. The highest BCUT2D eigenvalue weighted by molar-refractivity contribution is 6.23. The summed E-state index contributed by atoms with van der Waals surface area (Å²) in [6, 6.07) is 70.6. The van der Waals surface area contributed by atoms with Gasteiger partial charge in [-0.15, -0.1) is 0 Å². The molecule has 2 heterocycles. The van der Waals surface area contributed by atoms with E-state index in [0.29, 0.717) is 0 Å². The van der Waals surface area contributed by atoms with E-state index in [1.165, 1.54) is 93.2 Å². The Morgan fingerprint density at radius 1 is 0.354 bits per heavy atom. The summed E-state index contributed by atoms with van der Waals surface area (Å²) in [5.74, 6) is 0. The third kappa shape index (κ3) is 6.26. The van der Waals surface area contributed by atoms with E-state index in [2.05, 4.69) is 211 Å². The molecular formula is C62H43N3. The average molecular weight is 830 g/mol. The fourth-order valence-corrected chi connectivity index (χ4v) is 10.8. The molecule has 13 rings (SSSR count). The van der Waals surface area contributed by atoms with Crippen molar-refractivity contribution in [3.8, 4) is 28.1 Å². The molecule has 0 amide bonds. The zero-order valence-corrected chi connectivity index (χ0v) is 35.9. The van der Waals surface area contributed by atoms with E-state index in [9.17, 15) is 0 Å². The summed E-state index contributed by atoms with van der Waals surface area (Å²) in [7, 11) is 0. The zero-order chi connectivity index (χ0) is 42.8. The van der Waals surface area contributed by atoms with Crippen LogP contribution in [0, 0.1) is 0 Å². The van der Waals surface area contributed by atoms with Gasteiger partial charge < -0.3 is 4.57 Å². The molecule has 3 heteroatoms. The lowest BCUT2D eigenvalue weighted by atomic mass is 9.82. The van der Waals surface area contributed by atoms with Crippen LogP contribution in [0.1, 0.15) is 36.8 Å². The molecule has 0 atom stereocenters. The summed E-state index contributed by atoms with van der Waals surface area (Å²) in [4.78, 5) is 10.3. The second-order valence-electron chi connectivity index (χ2n) is 17.5. The SMILES string of the molecule is C1=C(C2=c3ccccc3=C(c3ccc(-c4ccc5c(c4)c4ccccc4n5-c4ccccc4)cc3)CC2)CCC(c2cccc(-c3cnc4c5ccccc5c5ccccc5c4n3)c2)=C1. The van der Waals surface area contributed by atoms with Crippen molar-refractivity contribution < 1.29 is 0 Å². The van der Waals surface area contributed by atoms with Crippen LogP contribution in [0.25, 0.3) is 99.2 Å². The zero-order valence-electron chi connectivity index (χ0n) is 35.9. The molecule has 0 unspecified atom stereocenters. The largest absolute Gasteiger partial charge is 0.309 e. The van der Waals surface area contributed by atoms with Gasteiger partial charge in [-0.3, -0.25) is 4.98 Å². The molecular weight excluding hydrogens is 787 g/mol. The van der Waals surface area contributed by atoms with Crippen molar-refractivity contribution in [2.24, 2.45) is 0 Å². The van der Waals surface area contributed by atoms with Gasteiger partial charge in [-0.05, 0) is 128 Å². The van der Waals surface area contributed by atoms with E-state index in [1.807, 2.05) is 6.20 Å². The molecule has 0 radical (unpaired) electrons. The third-order valence-corrected chi connectivity index (χ3v) is 13.9. The molecule has 11 aromatic rings. The summed E-state index contributed by atoms with van der Waals surface area (Å²) in [5, 5.41) is 9.98. The van der Waals surface area contributed by atoms with Crippen molar-refractivity contribution in [2.75, 3.05) is 0 Å². The molecule has 65 heavy (non-hydrogen) atoms. The first kappa shape index (κ1) is 37.4. The first-order chi connectivity index (χ1) is 32.2. The first-order valence-electron chi connectivity index (χ1n) is 22.8. The molecule has 0 aliphatic heterocycles. The lowest BCUT2D eigenvalue weighted by molar-refractivity contribution is 0.961. The van der Waals surface area contributed by atoms with Crippen molar-refractivity contribution in [1.82, 2.24) is 14.5 Å². The van der Waals surface area contributed by atoms with E-state index in [0.717, 1.165) is 58.7 Å². The Hall–Kier alpha value is -8.14. The average Bonchev–Trinajstić information content (AvgIpc) is 3.72. The van der Waals surface area contributed by atoms with Gasteiger partial charge in [-0.25, -0.2) is 4.98 Å². The van der Waals surface area contributed by atoms with Gasteiger partial charge in [-0.1, -0.05) is 170 Å². The Kier molecular flexibility index (Phi) is 8.80. The normalized spacial score (nSPS) is 14.0. The number of hydrogen-bond donors (Lipinski definition) is 0. The van der Waals surface area contributed by atoms with Crippen LogP contribution in [-0.2, 0) is 0 Å². The van der Waals surface area contributed by atoms with Gasteiger partial charge in [0.15, 0.2) is 0 Å². The van der Waals surface area contributed by atoms with Crippen molar-refractivity contribution in [1.29, 1.82) is 0 Å². The Bertz CT molecular complexity index is 3890. The Morgan fingerprint density at radius 3 is 1.71 bits per heavy atom. The van der Waals surface area contributed by atoms with Crippen molar-refractivity contribution in [3.05, 3.63) is 240 Å². The van der Waals surface area contributed by atoms with Crippen LogP contribution < -0.4 is 10.4 Å². The molecule has 2 aromatic heterocycles. The molecule has 9 aromatic carbocycles. The maximum atomic E-state index is 5.28. The van der Waals surface area contributed by atoms with Gasteiger partial charge in [0.05, 0.1) is 34.0 Å². The predicted molar refractivity (Wildman–Crippen MR) is 272 cm³/mol. The minimum absolute atomic E-state index is 0.897. The standard InChI is InChI=1S/C62H43N3/c1-2-15-47(16-3-1)65-59-24-11-10-21-54(59)57-38-45(33-36-60(57)65)41-27-31-43(32-28-41)49-35-34-48(50-17-4-5-18-51(49)50)42-29-25-40(26-30-42)44-13-12-14-46(37-44)58-39-63-61-55-22-8-6-19-52(55)53-20-7-9-23-56(53)62(61)64-58/h1-25,27-29,31-33,36-39H,26,30,34-35H2. The highest BCUT2D eigenvalue weighted by atomic mass is 15.0. The lowest BCUT2D eigenvalue weighted by Crippen LogP contribution is -2.33. The smallest absolute Gasteiger partial charge is 0.0979 e. The summed E-state index contributed by atoms with van der Waals surface area (Å²) < 4.78 is 2.38. The quantitative estimate of drug-likeness (QED) is 0.156. The van der Waals surface area contributed by atoms with Gasteiger partial charge in [0.1, 0.15) is 0 Å².